The van der Waals surface area contributed by atoms with E-state index in [1.54, 1.807) is 0 Å². The number of likely N-dealkylation sites (N-methyl/N-ethyl adjacent to an activating group) is 1. The van der Waals surface area contributed by atoms with E-state index in [0.717, 1.165) is 19.7 Å². The maximum absolute atomic E-state index is 8.51. The number of nitrogens with zero attached hydrogens (tertiary/aromatic N) is 1. The molecule has 0 fully saturated rings. The van der Waals surface area contributed by atoms with Gasteiger partial charge >= 0.3 is 0 Å². The van der Waals surface area contributed by atoms with Gasteiger partial charge in [-0.05, 0) is 20.0 Å². The van der Waals surface area contributed by atoms with E-state index in [-0.39, 0.29) is 6.61 Å². The third kappa shape index (κ3) is 19.8. The molecule has 7 heteroatoms. The topological polar surface area (TPSA) is 69.6 Å². The Morgan fingerprint density at radius 2 is 1.04 bits per heavy atom. The normalized spacial score (nSPS) is 11.5. The molecule has 0 unspecified atom stereocenters. The van der Waals surface area contributed by atoms with E-state index in [9.17, 15) is 0 Å². The van der Waals surface area contributed by atoms with E-state index < -0.39 is 0 Å². The van der Waals surface area contributed by atoms with Gasteiger partial charge in [0.25, 0.3) is 0 Å². The first-order valence-electron chi connectivity index (χ1n) is 8.99. The molecule has 0 aliphatic rings. The molecule has 0 bridgehead atoms. The fourth-order valence-electron chi connectivity index (χ4n) is 1.81. The Morgan fingerprint density at radius 1 is 0.625 bits per heavy atom. The minimum atomic E-state index is 0.0458. The van der Waals surface area contributed by atoms with Crippen molar-refractivity contribution in [1.29, 1.82) is 0 Å². The van der Waals surface area contributed by atoms with E-state index in [1.807, 2.05) is 0 Å². The quantitative estimate of drug-likeness (QED) is 0.325. The lowest BCUT2D eigenvalue weighted by Crippen LogP contribution is -2.24. The molecule has 0 saturated heterocycles. The molecular weight excluding hydrogens is 314 g/mol. The van der Waals surface area contributed by atoms with Gasteiger partial charge < -0.3 is 33.7 Å². The molecule has 0 aromatic rings. The van der Waals surface area contributed by atoms with Crippen LogP contribution in [0.25, 0.3) is 0 Å². The summed E-state index contributed by atoms with van der Waals surface area (Å²) in [6.45, 7) is 9.91. The Morgan fingerprint density at radius 3 is 1.46 bits per heavy atom. The summed E-state index contributed by atoms with van der Waals surface area (Å²) >= 11 is 0. The van der Waals surface area contributed by atoms with Crippen LogP contribution < -0.4 is 0 Å². The molecule has 0 spiro atoms. The third-order valence-electron chi connectivity index (χ3n) is 3.23. The highest BCUT2D eigenvalue weighted by Crippen LogP contribution is 1.91. The molecule has 24 heavy (non-hydrogen) atoms. The highest BCUT2D eigenvalue weighted by Gasteiger charge is 1.97. The van der Waals surface area contributed by atoms with Crippen LogP contribution in [0, 0.1) is 0 Å². The van der Waals surface area contributed by atoms with Crippen molar-refractivity contribution in [3.05, 3.63) is 0 Å². The number of ether oxygens (including phenoxy) is 5. The number of hydrogen-bond donors (Lipinski definition) is 1. The molecule has 0 heterocycles. The van der Waals surface area contributed by atoms with Crippen molar-refractivity contribution in [3.63, 3.8) is 0 Å². The molecule has 0 aromatic carbocycles. The van der Waals surface area contributed by atoms with Crippen molar-refractivity contribution in [3.8, 4) is 0 Å². The smallest absolute Gasteiger partial charge is 0.0701 e. The maximum atomic E-state index is 8.51. The Kier molecular flexibility index (Phi) is 20.5. The zero-order valence-corrected chi connectivity index (χ0v) is 15.5. The summed E-state index contributed by atoms with van der Waals surface area (Å²) in [5.74, 6) is 0. The van der Waals surface area contributed by atoms with Crippen LogP contribution in [0.2, 0.25) is 0 Å². The fraction of sp³-hybridized carbons (Fsp3) is 1.00. The summed E-state index contributed by atoms with van der Waals surface area (Å²) in [7, 11) is 2.12. The lowest BCUT2D eigenvalue weighted by atomic mass is 10.3. The first-order chi connectivity index (χ1) is 11.8. The number of aliphatic hydroxyl groups is 1. The minimum absolute atomic E-state index is 0.0458. The van der Waals surface area contributed by atoms with Crippen LogP contribution in [0.5, 0.6) is 0 Å². The molecule has 146 valence electrons. The molecule has 1 N–H and O–H groups in total. The maximum Gasteiger partial charge on any atom is 0.0701 e. The van der Waals surface area contributed by atoms with Crippen molar-refractivity contribution in [2.45, 2.75) is 19.8 Å². The highest BCUT2D eigenvalue weighted by molar-refractivity contribution is 4.49. The molecule has 0 aliphatic heterocycles. The van der Waals surface area contributed by atoms with E-state index >= 15 is 0 Å². The van der Waals surface area contributed by atoms with Crippen LogP contribution in [0.15, 0.2) is 0 Å². The number of rotatable bonds is 20. The van der Waals surface area contributed by atoms with Crippen LogP contribution in [0.4, 0.5) is 0 Å². The van der Waals surface area contributed by atoms with Crippen LogP contribution in [0.3, 0.4) is 0 Å². The summed E-state index contributed by atoms with van der Waals surface area (Å²) in [5.41, 5.74) is 0. The molecule has 7 nitrogen and oxygen atoms in total. The lowest BCUT2D eigenvalue weighted by molar-refractivity contribution is -0.0140. The average molecular weight is 351 g/mol. The minimum Gasteiger partial charge on any atom is -0.394 e. The first-order valence-corrected chi connectivity index (χ1v) is 8.99. The summed E-state index contributed by atoms with van der Waals surface area (Å²) in [4.78, 5) is 2.29. The molecule has 0 rings (SSSR count). The molecule has 0 atom stereocenters. The van der Waals surface area contributed by atoms with E-state index in [2.05, 4.69) is 18.9 Å². The summed E-state index contributed by atoms with van der Waals surface area (Å²) < 4.78 is 26.7. The van der Waals surface area contributed by atoms with Crippen molar-refractivity contribution in [1.82, 2.24) is 4.90 Å². The molecule has 0 saturated carbocycles. The summed E-state index contributed by atoms with van der Waals surface area (Å²) in [6, 6.07) is 0. The second-order valence-electron chi connectivity index (χ2n) is 5.44. The summed E-state index contributed by atoms with van der Waals surface area (Å²) in [6.07, 6.45) is 2.47. The molecule has 0 aromatic heterocycles. The van der Waals surface area contributed by atoms with Gasteiger partial charge in [-0.25, -0.2) is 0 Å². The van der Waals surface area contributed by atoms with Gasteiger partial charge in [0.15, 0.2) is 0 Å². The Balaban J connectivity index is 3.02. The molecule has 0 amide bonds. The van der Waals surface area contributed by atoms with E-state index in [0.29, 0.717) is 59.5 Å². The van der Waals surface area contributed by atoms with Gasteiger partial charge in [0, 0.05) is 6.54 Å². The van der Waals surface area contributed by atoms with Gasteiger partial charge in [0.1, 0.15) is 0 Å². The SMILES string of the molecule is CCCCN(C)CCOCCOCCOCCOCCOCCO. The zero-order valence-electron chi connectivity index (χ0n) is 15.5. The van der Waals surface area contributed by atoms with Gasteiger partial charge in [0.2, 0.25) is 0 Å². The lowest BCUT2D eigenvalue weighted by Gasteiger charge is -2.15. The standard InChI is InChI=1S/C17H37NO6/c1-3-4-5-18(2)6-8-20-10-12-22-14-16-24-17-15-23-13-11-21-9-7-19/h19H,3-17H2,1-2H3. The number of aliphatic hydroxyl groups excluding tert-OH is 1. The van der Waals surface area contributed by atoms with Gasteiger partial charge in [-0.3, -0.25) is 0 Å². The monoisotopic (exact) mass is 351 g/mol. The van der Waals surface area contributed by atoms with Crippen molar-refractivity contribution < 1.29 is 28.8 Å². The Bertz CT molecular complexity index is 233. The zero-order chi connectivity index (χ0) is 17.7. The molecular formula is C17H37NO6. The highest BCUT2D eigenvalue weighted by atomic mass is 16.6. The van der Waals surface area contributed by atoms with Gasteiger partial charge in [-0.1, -0.05) is 13.3 Å². The first kappa shape index (κ1) is 23.7. The third-order valence-corrected chi connectivity index (χ3v) is 3.23. The Labute approximate surface area is 147 Å². The number of unbranched alkanes of at least 4 members (excludes halogenated alkanes) is 1. The second-order valence-corrected chi connectivity index (χ2v) is 5.44. The van der Waals surface area contributed by atoms with E-state index in [4.69, 9.17) is 28.8 Å². The van der Waals surface area contributed by atoms with Gasteiger partial charge in [0.05, 0.1) is 72.7 Å². The Hall–Kier alpha value is -0.280. The fourth-order valence-corrected chi connectivity index (χ4v) is 1.81. The average Bonchev–Trinajstić information content (AvgIpc) is 2.59. The van der Waals surface area contributed by atoms with Crippen LogP contribution in [-0.2, 0) is 23.7 Å². The van der Waals surface area contributed by atoms with Crippen molar-refractivity contribution >= 4 is 0 Å². The van der Waals surface area contributed by atoms with Crippen molar-refractivity contribution in [2.75, 3.05) is 92.8 Å². The van der Waals surface area contributed by atoms with Crippen LogP contribution in [-0.4, -0.2) is 103 Å². The molecule has 0 radical (unpaired) electrons. The van der Waals surface area contributed by atoms with E-state index in [1.165, 1.54) is 12.8 Å². The predicted molar refractivity (Wildman–Crippen MR) is 93.6 cm³/mol. The second kappa shape index (κ2) is 20.8. The largest absolute Gasteiger partial charge is 0.394 e. The predicted octanol–water partition coefficient (Wildman–Crippen LogP) is 0.794. The van der Waals surface area contributed by atoms with Gasteiger partial charge in [-0.2, -0.15) is 0 Å². The molecule has 0 aliphatic carbocycles. The number of hydrogen-bond acceptors (Lipinski definition) is 7. The van der Waals surface area contributed by atoms with Crippen molar-refractivity contribution in [2.24, 2.45) is 0 Å². The van der Waals surface area contributed by atoms with Crippen LogP contribution in [0.1, 0.15) is 19.8 Å². The summed E-state index contributed by atoms with van der Waals surface area (Å²) in [5, 5.41) is 8.51. The van der Waals surface area contributed by atoms with Gasteiger partial charge in [-0.15, -0.1) is 0 Å². The van der Waals surface area contributed by atoms with Crippen LogP contribution >= 0.6 is 0 Å².